The van der Waals surface area contributed by atoms with E-state index < -0.39 is 0 Å². The summed E-state index contributed by atoms with van der Waals surface area (Å²) in [5, 5.41) is 3.19. The first-order chi connectivity index (χ1) is 11.7. The Morgan fingerprint density at radius 1 is 1.11 bits per heavy atom. The number of amides is 1. The molecule has 1 saturated carbocycles. The molecule has 8 heteroatoms. The van der Waals surface area contributed by atoms with E-state index in [1.54, 1.807) is 0 Å². The number of halogens is 3. The number of nitrogens with zero attached hydrogens (tertiary/aromatic N) is 2. The van der Waals surface area contributed by atoms with Crippen LogP contribution >= 0.6 is 37.2 Å². The number of carbonyl (C=O) groups excluding carboxylic acids is 1. The van der Waals surface area contributed by atoms with E-state index in [-0.39, 0.29) is 49.0 Å². The first-order valence-electron chi connectivity index (χ1n) is 9.30. The lowest BCUT2D eigenvalue weighted by Crippen LogP contribution is -2.46. The molecule has 2 atom stereocenters. The van der Waals surface area contributed by atoms with Gasteiger partial charge in [-0.05, 0) is 44.0 Å². The first kappa shape index (κ1) is 26.3. The summed E-state index contributed by atoms with van der Waals surface area (Å²) < 4.78 is 0. The molecule has 156 valence electrons. The number of rotatable bonds is 5. The van der Waals surface area contributed by atoms with Crippen molar-refractivity contribution in [3.05, 3.63) is 24.3 Å². The highest BCUT2D eigenvalue weighted by atomic mass is 35.5. The number of likely N-dealkylation sites (N-methyl/N-ethyl adjacent to an activating group) is 1. The zero-order chi connectivity index (χ0) is 16.9. The van der Waals surface area contributed by atoms with Crippen LogP contribution in [-0.4, -0.2) is 50.1 Å². The van der Waals surface area contributed by atoms with Gasteiger partial charge in [0.25, 0.3) is 0 Å². The van der Waals surface area contributed by atoms with Gasteiger partial charge in [-0.3, -0.25) is 4.79 Å². The van der Waals surface area contributed by atoms with Gasteiger partial charge >= 0.3 is 0 Å². The highest BCUT2D eigenvalue weighted by Crippen LogP contribution is 2.33. The van der Waals surface area contributed by atoms with Crippen LogP contribution in [-0.2, 0) is 4.79 Å². The van der Waals surface area contributed by atoms with Crippen LogP contribution in [0.5, 0.6) is 0 Å². The van der Waals surface area contributed by atoms with E-state index in [1.165, 1.54) is 0 Å². The maximum Gasteiger partial charge on any atom is 0.227 e. The Morgan fingerprint density at radius 3 is 2.41 bits per heavy atom. The largest absolute Gasteiger partial charge is 0.367 e. The third-order valence-electron chi connectivity index (χ3n) is 5.62. The number of benzene rings is 1. The third-order valence-corrected chi connectivity index (χ3v) is 5.62. The second-order valence-corrected chi connectivity index (χ2v) is 6.96. The van der Waals surface area contributed by atoms with Gasteiger partial charge in [0, 0.05) is 32.1 Å². The maximum atomic E-state index is 12.7. The van der Waals surface area contributed by atoms with Crippen molar-refractivity contribution >= 4 is 54.5 Å². The van der Waals surface area contributed by atoms with Crippen molar-refractivity contribution in [1.82, 2.24) is 4.90 Å². The number of nitrogens with two attached hydrogens (primary N) is 1. The molecule has 1 heterocycles. The molecule has 0 aromatic heterocycles. The number of carbonyl (C=O) groups is 1. The van der Waals surface area contributed by atoms with Gasteiger partial charge in [-0.1, -0.05) is 25.5 Å². The Labute approximate surface area is 181 Å². The fourth-order valence-corrected chi connectivity index (χ4v) is 4.05. The van der Waals surface area contributed by atoms with E-state index >= 15 is 0 Å². The van der Waals surface area contributed by atoms with E-state index in [0.29, 0.717) is 12.5 Å². The zero-order valence-electron chi connectivity index (χ0n) is 15.9. The number of para-hydroxylation sites is 2. The second-order valence-electron chi connectivity index (χ2n) is 6.96. The molecular weight excluding hydrogens is 407 g/mol. The number of nitrogens with one attached hydrogen (secondary N) is 1. The van der Waals surface area contributed by atoms with Gasteiger partial charge in [0.1, 0.15) is 0 Å². The van der Waals surface area contributed by atoms with Crippen molar-refractivity contribution in [3.63, 3.8) is 0 Å². The number of anilines is 2. The van der Waals surface area contributed by atoms with E-state index in [2.05, 4.69) is 34.2 Å². The molecule has 0 radical (unpaired) electrons. The van der Waals surface area contributed by atoms with Crippen molar-refractivity contribution in [2.24, 2.45) is 17.6 Å². The normalized spacial score (nSPS) is 22.2. The summed E-state index contributed by atoms with van der Waals surface area (Å²) in [4.78, 5) is 17.6. The van der Waals surface area contributed by atoms with Crippen LogP contribution in [0, 0.1) is 11.8 Å². The van der Waals surface area contributed by atoms with Crippen LogP contribution in [0.25, 0.3) is 0 Å². The van der Waals surface area contributed by atoms with E-state index in [4.69, 9.17) is 5.73 Å². The van der Waals surface area contributed by atoms with Gasteiger partial charge in [0.05, 0.1) is 11.4 Å². The standard InChI is InChI=1S/C19H30N4O.3ClH/c1-2-22-10-12-23(13-11-22)18-9-4-3-8-17(18)21-19(24)16-7-5-6-15(16)14-20;;;/h3-4,8-9,15-16H,2,5-7,10-14,20H2,1H3,(H,21,24);3*1H/t15-,16-;;;/m1.../s1. The fourth-order valence-electron chi connectivity index (χ4n) is 4.05. The molecule has 1 amide bonds. The van der Waals surface area contributed by atoms with Gasteiger partial charge < -0.3 is 20.9 Å². The molecule has 3 N–H and O–H groups in total. The maximum absolute atomic E-state index is 12.7. The Kier molecular flexibility index (Phi) is 12.3. The Bertz CT molecular complexity index is 568. The lowest BCUT2D eigenvalue weighted by molar-refractivity contribution is -0.120. The average Bonchev–Trinajstić information content (AvgIpc) is 3.11. The molecule has 1 aromatic rings. The molecule has 0 bridgehead atoms. The summed E-state index contributed by atoms with van der Waals surface area (Å²) in [6.07, 6.45) is 3.15. The summed E-state index contributed by atoms with van der Waals surface area (Å²) in [7, 11) is 0. The lowest BCUT2D eigenvalue weighted by Gasteiger charge is -2.36. The Balaban J connectivity index is 0.00000225. The average molecular weight is 440 g/mol. The molecule has 2 fully saturated rings. The van der Waals surface area contributed by atoms with E-state index in [9.17, 15) is 4.79 Å². The van der Waals surface area contributed by atoms with Crippen molar-refractivity contribution in [1.29, 1.82) is 0 Å². The Hall–Kier alpha value is -0.720. The highest BCUT2D eigenvalue weighted by Gasteiger charge is 2.32. The van der Waals surface area contributed by atoms with Crippen molar-refractivity contribution in [2.45, 2.75) is 26.2 Å². The molecule has 27 heavy (non-hydrogen) atoms. The molecule has 0 spiro atoms. The van der Waals surface area contributed by atoms with Gasteiger partial charge in [0.2, 0.25) is 5.91 Å². The van der Waals surface area contributed by atoms with Crippen molar-refractivity contribution < 1.29 is 4.79 Å². The first-order valence-corrected chi connectivity index (χ1v) is 9.30. The number of hydrogen-bond donors (Lipinski definition) is 2. The van der Waals surface area contributed by atoms with Crippen LogP contribution in [0.2, 0.25) is 0 Å². The predicted molar refractivity (Wildman–Crippen MR) is 121 cm³/mol. The molecule has 1 aliphatic carbocycles. The van der Waals surface area contributed by atoms with Crippen LogP contribution in [0.4, 0.5) is 11.4 Å². The van der Waals surface area contributed by atoms with Gasteiger partial charge in [-0.15, -0.1) is 37.2 Å². The summed E-state index contributed by atoms with van der Waals surface area (Å²) in [6.45, 7) is 8.10. The number of piperazine rings is 1. The summed E-state index contributed by atoms with van der Waals surface area (Å²) >= 11 is 0. The van der Waals surface area contributed by atoms with Crippen LogP contribution in [0.15, 0.2) is 24.3 Å². The molecule has 1 saturated heterocycles. The monoisotopic (exact) mass is 438 g/mol. The molecule has 1 aliphatic heterocycles. The third kappa shape index (κ3) is 6.40. The zero-order valence-corrected chi connectivity index (χ0v) is 18.4. The van der Waals surface area contributed by atoms with Crippen molar-refractivity contribution in [3.8, 4) is 0 Å². The molecular formula is C19H33Cl3N4O. The van der Waals surface area contributed by atoms with Crippen LogP contribution in [0.1, 0.15) is 26.2 Å². The summed E-state index contributed by atoms with van der Waals surface area (Å²) in [6, 6.07) is 8.18. The Morgan fingerprint density at radius 2 is 1.78 bits per heavy atom. The molecule has 3 rings (SSSR count). The topological polar surface area (TPSA) is 61.6 Å². The SMILES string of the molecule is CCN1CCN(c2ccccc2NC(=O)[C@@H]2CCC[C@@H]2CN)CC1.Cl.Cl.Cl. The van der Waals surface area contributed by atoms with E-state index in [1.807, 2.05) is 12.1 Å². The molecule has 1 aromatic carbocycles. The molecule has 2 aliphatic rings. The summed E-state index contributed by atoms with van der Waals surface area (Å²) in [5.74, 6) is 0.549. The molecule has 5 nitrogen and oxygen atoms in total. The summed E-state index contributed by atoms with van der Waals surface area (Å²) in [5.41, 5.74) is 7.92. The predicted octanol–water partition coefficient (Wildman–Crippen LogP) is 3.41. The van der Waals surface area contributed by atoms with Crippen molar-refractivity contribution in [2.75, 3.05) is 49.5 Å². The lowest BCUT2D eigenvalue weighted by atomic mass is 9.95. The van der Waals surface area contributed by atoms with Crippen LogP contribution < -0.4 is 16.0 Å². The van der Waals surface area contributed by atoms with E-state index in [0.717, 1.165) is 63.4 Å². The van der Waals surface area contributed by atoms with Crippen LogP contribution in [0.3, 0.4) is 0 Å². The quantitative estimate of drug-likeness (QED) is 0.738. The second kappa shape index (κ2) is 12.7. The smallest absolute Gasteiger partial charge is 0.227 e. The van der Waals surface area contributed by atoms with Gasteiger partial charge in [-0.2, -0.15) is 0 Å². The fraction of sp³-hybridized carbons (Fsp3) is 0.632. The number of hydrogen-bond acceptors (Lipinski definition) is 4. The minimum absolute atomic E-state index is 0. The molecule has 0 unspecified atom stereocenters. The minimum atomic E-state index is 0. The highest BCUT2D eigenvalue weighted by molar-refractivity contribution is 5.96. The van der Waals surface area contributed by atoms with Gasteiger partial charge in [-0.25, -0.2) is 0 Å². The minimum Gasteiger partial charge on any atom is -0.367 e. The van der Waals surface area contributed by atoms with Gasteiger partial charge in [0.15, 0.2) is 0 Å².